The average molecular weight is 297 g/mol. The highest BCUT2D eigenvalue weighted by molar-refractivity contribution is 5.87. The summed E-state index contributed by atoms with van der Waals surface area (Å²) in [7, 11) is 0. The van der Waals surface area contributed by atoms with E-state index in [0.29, 0.717) is 0 Å². The minimum absolute atomic E-state index is 0.215. The van der Waals surface area contributed by atoms with Gasteiger partial charge in [0.15, 0.2) is 0 Å². The molecule has 0 fully saturated rings. The molecule has 4 N–H and O–H groups in total. The molecule has 0 aliphatic heterocycles. The molecule has 0 rings (SSSR count). The molecule has 0 spiro atoms. The standard InChI is InChI=1S/C16H27NO4/c1-13(18)14(19)10-8-6-4-5-7-9-11-15(20)17-12-16(2,3)21/h4,6,8-11,13-14,18-19,21H,5,7,12H2,1-3H3,(H,17,20)/b6-4-,10-8+,11-9+. The van der Waals surface area contributed by atoms with Gasteiger partial charge in [0.25, 0.3) is 0 Å². The average Bonchev–Trinajstić information content (AvgIpc) is 2.38. The SMILES string of the molecule is CC(O)C(O)/C=C/C=C\CC/C=C/C(=O)NCC(C)(C)O. The molecule has 2 atom stereocenters. The van der Waals surface area contributed by atoms with E-state index in [1.54, 1.807) is 32.1 Å². The van der Waals surface area contributed by atoms with Crippen LogP contribution in [0.4, 0.5) is 0 Å². The third-order valence-corrected chi connectivity index (χ3v) is 2.51. The Kier molecular flexibility index (Phi) is 9.62. The van der Waals surface area contributed by atoms with Crippen LogP contribution in [-0.2, 0) is 4.79 Å². The Labute approximate surface area is 126 Å². The number of rotatable bonds is 9. The molecule has 0 saturated heterocycles. The van der Waals surface area contributed by atoms with Gasteiger partial charge in [0.2, 0.25) is 5.91 Å². The third kappa shape index (κ3) is 13.3. The van der Waals surface area contributed by atoms with Crippen molar-refractivity contribution in [3.63, 3.8) is 0 Å². The van der Waals surface area contributed by atoms with Crippen LogP contribution in [0.5, 0.6) is 0 Å². The van der Waals surface area contributed by atoms with E-state index in [-0.39, 0.29) is 12.5 Å². The fraction of sp³-hybridized carbons (Fsp3) is 0.562. The Balaban J connectivity index is 3.79. The van der Waals surface area contributed by atoms with E-state index in [1.807, 2.05) is 6.08 Å². The molecule has 120 valence electrons. The number of allylic oxidation sites excluding steroid dienone is 4. The normalized spacial score (nSPS) is 15.9. The van der Waals surface area contributed by atoms with Crippen LogP contribution in [0.1, 0.15) is 33.6 Å². The van der Waals surface area contributed by atoms with Crippen molar-refractivity contribution in [2.75, 3.05) is 6.54 Å². The first-order chi connectivity index (χ1) is 9.72. The van der Waals surface area contributed by atoms with Crippen molar-refractivity contribution >= 4 is 5.91 Å². The number of nitrogens with one attached hydrogen (secondary N) is 1. The summed E-state index contributed by atoms with van der Waals surface area (Å²) in [6.45, 7) is 4.99. The molecule has 5 nitrogen and oxygen atoms in total. The second-order valence-corrected chi connectivity index (χ2v) is 5.55. The molecule has 0 bridgehead atoms. The number of hydrogen-bond donors (Lipinski definition) is 4. The third-order valence-electron chi connectivity index (χ3n) is 2.51. The number of amides is 1. The fourth-order valence-electron chi connectivity index (χ4n) is 1.26. The highest BCUT2D eigenvalue weighted by Crippen LogP contribution is 1.98. The summed E-state index contributed by atoms with van der Waals surface area (Å²) in [6, 6.07) is 0. The number of aliphatic hydroxyl groups is 3. The van der Waals surface area contributed by atoms with Crippen LogP contribution in [0.2, 0.25) is 0 Å². The molecule has 0 heterocycles. The molecule has 2 unspecified atom stereocenters. The van der Waals surface area contributed by atoms with Crippen molar-refractivity contribution in [1.82, 2.24) is 5.32 Å². The van der Waals surface area contributed by atoms with E-state index in [2.05, 4.69) is 5.32 Å². The van der Waals surface area contributed by atoms with Crippen molar-refractivity contribution in [1.29, 1.82) is 0 Å². The zero-order valence-electron chi connectivity index (χ0n) is 13.0. The lowest BCUT2D eigenvalue weighted by atomic mass is 10.1. The second-order valence-electron chi connectivity index (χ2n) is 5.55. The van der Waals surface area contributed by atoms with Crippen molar-refractivity contribution in [3.8, 4) is 0 Å². The van der Waals surface area contributed by atoms with Gasteiger partial charge in [-0.05, 0) is 39.7 Å². The molecule has 0 aliphatic carbocycles. The molecular formula is C16H27NO4. The van der Waals surface area contributed by atoms with Crippen LogP contribution in [0, 0.1) is 0 Å². The first kappa shape index (κ1) is 19.6. The van der Waals surface area contributed by atoms with Gasteiger partial charge < -0.3 is 20.6 Å². The lowest BCUT2D eigenvalue weighted by molar-refractivity contribution is -0.117. The van der Waals surface area contributed by atoms with E-state index in [0.717, 1.165) is 12.8 Å². The largest absolute Gasteiger partial charge is 0.390 e. The summed E-state index contributed by atoms with van der Waals surface area (Å²) in [4.78, 5) is 11.4. The maximum Gasteiger partial charge on any atom is 0.243 e. The summed E-state index contributed by atoms with van der Waals surface area (Å²) < 4.78 is 0. The van der Waals surface area contributed by atoms with Gasteiger partial charge in [0.05, 0.1) is 17.8 Å². The van der Waals surface area contributed by atoms with Crippen molar-refractivity contribution in [3.05, 3.63) is 36.5 Å². The van der Waals surface area contributed by atoms with E-state index >= 15 is 0 Å². The predicted molar refractivity (Wildman–Crippen MR) is 83.6 cm³/mol. The van der Waals surface area contributed by atoms with Crippen molar-refractivity contribution in [2.45, 2.75) is 51.4 Å². The van der Waals surface area contributed by atoms with Crippen molar-refractivity contribution in [2.24, 2.45) is 0 Å². The molecule has 0 aliphatic rings. The molecule has 0 radical (unpaired) electrons. The van der Waals surface area contributed by atoms with Gasteiger partial charge in [-0.2, -0.15) is 0 Å². The maximum atomic E-state index is 11.4. The Morgan fingerprint density at radius 2 is 1.81 bits per heavy atom. The molecule has 5 heteroatoms. The summed E-state index contributed by atoms with van der Waals surface area (Å²) >= 11 is 0. The minimum Gasteiger partial charge on any atom is -0.390 e. The maximum absolute atomic E-state index is 11.4. The first-order valence-electron chi connectivity index (χ1n) is 7.08. The number of unbranched alkanes of at least 4 members (excludes halogenated alkanes) is 1. The number of carbonyl (C=O) groups is 1. The fourth-order valence-corrected chi connectivity index (χ4v) is 1.26. The molecule has 21 heavy (non-hydrogen) atoms. The molecule has 0 aromatic heterocycles. The topological polar surface area (TPSA) is 89.8 Å². The molecule has 0 aromatic rings. The predicted octanol–water partition coefficient (Wildman–Crippen LogP) is 1.06. The number of hydrogen-bond acceptors (Lipinski definition) is 4. The van der Waals surface area contributed by atoms with E-state index in [9.17, 15) is 15.0 Å². The van der Waals surface area contributed by atoms with Gasteiger partial charge in [-0.1, -0.05) is 30.4 Å². The Morgan fingerprint density at radius 3 is 2.38 bits per heavy atom. The summed E-state index contributed by atoms with van der Waals surface area (Å²) in [5.74, 6) is -0.221. The van der Waals surface area contributed by atoms with Gasteiger partial charge in [0.1, 0.15) is 0 Å². The number of aliphatic hydroxyl groups excluding tert-OH is 2. The Morgan fingerprint density at radius 1 is 1.19 bits per heavy atom. The van der Waals surface area contributed by atoms with Gasteiger partial charge in [0, 0.05) is 6.54 Å². The van der Waals surface area contributed by atoms with E-state index in [4.69, 9.17) is 5.11 Å². The van der Waals surface area contributed by atoms with Crippen LogP contribution in [-0.4, -0.2) is 45.6 Å². The van der Waals surface area contributed by atoms with Gasteiger partial charge >= 0.3 is 0 Å². The van der Waals surface area contributed by atoms with Crippen LogP contribution in [0.3, 0.4) is 0 Å². The van der Waals surface area contributed by atoms with E-state index < -0.39 is 17.8 Å². The number of carbonyl (C=O) groups excluding carboxylic acids is 1. The van der Waals surface area contributed by atoms with Crippen LogP contribution in [0.25, 0.3) is 0 Å². The summed E-state index contributed by atoms with van der Waals surface area (Å²) in [6.07, 6.45) is 9.96. The Bertz CT molecular complexity index is 378. The van der Waals surface area contributed by atoms with Gasteiger partial charge in [-0.15, -0.1) is 0 Å². The highest BCUT2D eigenvalue weighted by Gasteiger charge is 2.12. The molecule has 0 aromatic carbocycles. The lowest BCUT2D eigenvalue weighted by Gasteiger charge is -2.16. The van der Waals surface area contributed by atoms with Crippen LogP contribution < -0.4 is 5.32 Å². The van der Waals surface area contributed by atoms with Crippen LogP contribution >= 0.6 is 0 Å². The van der Waals surface area contributed by atoms with Crippen LogP contribution in [0.15, 0.2) is 36.5 Å². The van der Waals surface area contributed by atoms with Gasteiger partial charge in [-0.3, -0.25) is 4.79 Å². The highest BCUT2D eigenvalue weighted by atomic mass is 16.3. The lowest BCUT2D eigenvalue weighted by Crippen LogP contribution is -2.37. The molecule has 0 saturated carbocycles. The van der Waals surface area contributed by atoms with E-state index in [1.165, 1.54) is 19.1 Å². The van der Waals surface area contributed by atoms with Gasteiger partial charge in [-0.25, -0.2) is 0 Å². The Hall–Kier alpha value is -1.43. The molecule has 1 amide bonds. The van der Waals surface area contributed by atoms with Crippen molar-refractivity contribution < 1.29 is 20.1 Å². The minimum atomic E-state index is -0.908. The first-order valence-corrected chi connectivity index (χ1v) is 7.08. The molecular weight excluding hydrogens is 270 g/mol. The quantitative estimate of drug-likeness (QED) is 0.291. The zero-order chi connectivity index (χ0) is 16.3. The smallest absolute Gasteiger partial charge is 0.243 e. The summed E-state index contributed by atoms with van der Waals surface area (Å²) in [5.41, 5.74) is -0.908. The zero-order valence-corrected chi connectivity index (χ0v) is 13.0. The summed E-state index contributed by atoms with van der Waals surface area (Å²) in [5, 5.41) is 30.4. The second kappa shape index (κ2) is 10.3. The monoisotopic (exact) mass is 297 g/mol.